The minimum absolute atomic E-state index is 0.0848. The molecule has 9 heteroatoms. The summed E-state index contributed by atoms with van der Waals surface area (Å²) in [5, 5.41) is 7.62. The van der Waals surface area contributed by atoms with Gasteiger partial charge in [-0.3, -0.25) is 5.32 Å². The topological polar surface area (TPSA) is 116 Å². The zero-order chi connectivity index (χ0) is 22.5. The van der Waals surface area contributed by atoms with Crippen LogP contribution >= 0.6 is 11.3 Å². The molecule has 0 bridgehead atoms. The number of ether oxygens (including phenoxy) is 2. The van der Waals surface area contributed by atoms with Crippen molar-refractivity contribution in [2.75, 3.05) is 17.7 Å². The molecule has 0 fully saturated rings. The number of nitrogens with zero attached hydrogens (tertiary/aromatic N) is 1. The summed E-state index contributed by atoms with van der Waals surface area (Å²) < 4.78 is 10.7. The van der Waals surface area contributed by atoms with Crippen LogP contribution in [0.1, 0.15) is 58.7 Å². The van der Waals surface area contributed by atoms with Gasteiger partial charge in [0, 0.05) is 16.6 Å². The molecule has 0 aliphatic heterocycles. The molecule has 2 aromatic rings. The standard InChI is InChI=1S/C21H30N4O4S/c1-20(2,3)25-19(27)28-11-15(13-7-9-14(22)10-8-13)16-12-30-17(23-16)24-18(26)29-21(4,5)6/h7-10,12,15H,11,22H2,1-6H3,(H,25,27)(H,23,24,26). The van der Waals surface area contributed by atoms with Crippen LogP contribution in [0.5, 0.6) is 0 Å². The molecule has 1 unspecified atom stereocenters. The third-order valence-corrected chi connectivity index (χ3v) is 4.46. The highest BCUT2D eigenvalue weighted by Crippen LogP contribution is 2.29. The molecule has 1 heterocycles. The first-order valence-electron chi connectivity index (χ1n) is 9.58. The van der Waals surface area contributed by atoms with Gasteiger partial charge in [-0.2, -0.15) is 0 Å². The van der Waals surface area contributed by atoms with E-state index in [0.717, 1.165) is 5.56 Å². The third kappa shape index (κ3) is 7.90. The van der Waals surface area contributed by atoms with Gasteiger partial charge in [-0.25, -0.2) is 14.6 Å². The fraction of sp³-hybridized carbons (Fsp3) is 0.476. The average Bonchev–Trinajstić information content (AvgIpc) is 3.01. The smallest absolute Gasteiger partial charge is 0.413 e. The molecule has 0 aliphatic rings. The van der Waals surface area contributed by atoms with E-state index in [1.807, 2.05) is 38.3 Å². The minimum Gasteiger partial charge on any atom is -0.448 e. The number of amides is 2. The number of hydrogen-bond acceptors (Lipinski definition) is 7. The highest BCUT2D eigenvalue weighted by atomic mass is 32.1. The van der Waals surface area contributed by atoms with Gasteiger partial charge in [0.25, 0.3) is 0 Å². The summed E-state index contributed by atoms with van der Waals surface area (Å²) in [5.41, 5.74) is 6.98. The fourth-order valence-corrected chi connectivity index (χ4v) is 3.23. The third-order valence-electron chi connectivity index (χ3n) is 3.68. The summed E-state index contributed by atoms with van der Waals surface area (Å²) in [7, 11) is 0. The lowest BCUT2D eigenvalue weighted by Crippen LogP contribution is -2.41. The molecule has 1 aromatic carbocycles. The lowest BCUT2D eigenvalue weighted by atomic mass is 9.97. The van der Waals surface area contributed by atoms with E-state index in [1.165, 1.54) is 11.3 Å². The van der Waals surface area contributed by atoms with Gasteiger partial charge in [0.15, 0.2) is 5.13 Å². The maximum Gasteiger partial charge on any atom is 0.413 e. The summed E-state index contributed by atoms with van der Waals surface area (Å²) in [6.07, 6.45) is -1.08. The van der Waals surface area contributed by atoms with Gasteiger partial charge in [-0.15, -0.1) is 11.3 Å². The predicted molar refractivity (Wildman–Crippen MR) is 119 cm³/mol. The molecule has 0 spiro atoms. The monoisotopic (exact) mass is 434 g/mol. The molecular formula is C21H30N4O4S. The van der Waals surface area contributed by atoms with Crippen molar-refractivity contribution >= 4 is 34.3 Å². The lowest BCUT2D eigenvalue weighted by Gasteiger charge is -2.22. The quantitative estimate of drug-likeness (QED) is 0.586. The Morgan fingerprint density at radius 1 is 1.10 bits per heavy atom. The van der Waals surface area contributed by atoms with Gasteiger partial charge in [0.05, 0.1) is 11.6 Å². The number of benzene rings is 1. The molecule has 0 radical (unpaired) electrons. The highest BCUT2D eigenvalue weighted by Gasteiger charge is 2.23. The second-order valence-electron chi connectivity index (χ2n) is 8.90. The molecule has 0 saturated carbocycles. The summed E-state index contributed by atoms with van der Waals surface area (Å²) in [6, 6.07) is 7.30. The Balaban J connectivity index is 2.16. The molecule has 1 atom stereocenters. The van der Waals surface area contributed by atoms with Crippen molar-refractivity contribution < 1.29 is 19.1 Å². The average molecular weight is 435 g/mol. The highest BCUT2D eigenvalue weighted by molar-refractivity contribution is 7.13. The largest absolute Gasteiger partial charge is 0.448 e. The normalized spacial score (nSPS) is 12.7. The zero-order valence-corrected chi connectivity index (χ0v) is 19.1. The number of anilines is 2. The van der Waals surface area contributed by atoms with Crippen molar-refractivity contribution in [3.63, 3.8) is 0 Å². The Morgan fingerprint density at radius 3 is 2.30 bits per heavy atom. The molecule has 8 nitrogen and oxygen atoms in total. The van der Waals surface area contributed by atoms with Crippen molar-refractivity contribution in [2.24, 2.45) is 0 Å². The predicted octanol–water partition coefficient (Wildman–Crippen LogP) is 4.73. The first-order valence-corrected chi connectivity index (χ1v) is 10.5. The molecule has 2 rings (SSSR count). The van der Waals surface area contributed by atoms with E-state index >= 15 is 0 Å². The van der Waals surface area contributed by atoms with Gasteiger partial charge in [0.2, 0.25) is 0 Å². The Morgan fingerprint density at radius 2 is 1.73 bits per heavy atom. The maximum atomic E-state index is 12.1. The SMILES string of the molecule is CC(C)(C)NC(=O)OCC(c1ccc(N)cc1)c1csc(NC(=O)OC(C)(C)C)n1. The molecule has 30 heavy (non-hydrogen) atoms. The minimum atomic E-state index is -0.606. The summed E-state index contributed by atoms with van der Waals surface area (Å²) in [6.45, 7) is 11.1. The van der Waals surface area contributed by atoms with Crippen LogP contribution < -0.4 is 16.4 Å². The first-order chi connectivity index (χ1) is 13.8. The number of nitrogens with two attached hydrogens (primary N) is 1. The Hall–Kier alpha value is -2.81. The van der Waals surface area contributed by atoms with Crippen LogP contribution in [0.2, 0.25) is 0 Å². The van der Waals surface area contributed by atoms with E-state index in [4.69, 9.17) is 15.2 Å². The van der Waals surface area contributed by atoms with Crippen molar-refractivity contribution in [2.45, 2.75) is 58.6 Å². The fourth-order valence-electron chi connectivity index (χ4n) is 2.48. The van der Waals surface area contributed by atoms with E-state index in [-0.39, 0.29) is 12.5 Å². The second kappa shape index (κ2) is 9.34. The van der Waals surface area contributed by atoms with Gasteiger partial charge < -0.3 is 20.5 Å². The van der Waals surface area contributed by atoms with Crippen molar-refractivity contribution in [3.05, 3.63) is 40.9 Å². The van der Waals surface area contributed by atoms with Gasteiger partial charge in [0.1, 0.15) is 12.2 Å². The van der Waals surface area contributed by atoms with Crippen LogP contribution in [0.25, 0.3) is 0 Å². The molecule has 1 aromatic heterocycles. The van der Waals surface area contributed by atoms with E-state index < -0.39 is 23.3 Å². The molecule has 0 aliphatic carbocycles. The summed E-state index contributed by atoms with van der Waals surface area (Å²) >= 11 is 1.27. The van der Waals surface area contributed by atoms with Crippen LogP contribution in [0.3, 0.4) is 0 Å². The van der Waals surface area contributed by atoms with E-state index in [1.54, 1.807) is 32.9 Å². The van der Waals surface area contributed by atoms with Gasteiger partial charge in [-0.1, -0.05) is 12.1 Å². The van der Waals surface area contributed by atoms with E-state index in [0.29, 0.717) is 16.5 Å². The van der Waals surface area contributed by atoms with Crippen LogP contribution in [0.15, 0.2) is 29.6 Å². The molecular weight excluding hydrogens is 404 g/mol. The molecule has 2 amide bonds. The number of aromatic nitrogens is 1. The van der Waals surface area contributed by atoms with Crippen LogP contribution in [-0.4, -0.2) is 34.9 Å². The number of carbonyl (C=O) groups excluding carboxylic acids is 2. The first kappa shape index (κ1) is 23.5. The number of alkyl carbamates (subject to hydrolysis) is 1. The van der Waals surface area contributed by atoms with E-state index in [9.17, 15) is 9.59 Å². The Bertz CT molecular complexity index is 866. The Kier molecular flexibility index (Phi) is 7.30. The second-order valence-corrected chi connectivity index (χ2v) is 9.76. The van der Waals surface area contributed by atoms with Crippen molar-refractivity contribution in [1.29, 1.82) is 0 Å². The maximum absolute atomic E-state index is 12.1. The van der Waals surface area contributed by atoms with Crippen molar-refractivity contribution in [3.8, 4) is 0 Å². The number of nitrogen functional groups attached to an aromatic ring is 1. The number of hydrogen-bond donors (Lipinski definition) is 3. The summed E-state index contributed by atoms with van der Waals surface area (Å²) in [5.74, 6) is -0.318. The van der Waals surface area contributed by atoms with E-state index in [2.05, 4.69) is 15.6 Å². The van der Waals surface area contributed by atoms with Gasteiger partial charge >= 0.3 is 12.2 Å². The summed E-state index contributed by atoms with van der Waals surface area (Å²) in [4.78, 5) is 28.6. The molecule has 4 N–H and O–H groups in total. The van der Waals surface area contributed by atoms with Crippen LogP contribution in [0.4, 0.5) is 20.4 Å². The van der Waals surface area contributed by atoms with Crippen LogP contribution in [0, 0.1) is 0 Å². The number of carbonyl (C=O) groups is 2. The number of nitrogens with one attached hydrogen (secondary N) is 2. The van der Waals surface area contributed by atoms with Gasteiger partial charge in [-0.05, 0) is 59.2 Å². The Labute approximate surface area is 181 Å². The number of thiazole rings is 1. The lowest BCUT2D eigenvalue weighted by molar-refractivity contribution is 0.0636. The molecule has 0 saturated heterocycles. The van der Waals surface area contributed by atoms with Crippen molar-refractivity contribution in [1.82, 2.24) is 10.3 Å². The zero-order valence-electron chi connectivity index (χ0n) is 18.2. The number of rotatable bonds is 5. The van der Waals surface area contributed by atoms with Crippen LogP contribution in [-0.2, 0) is 9.47 Å². The molecule has 164 valence electrons.